The maximum absolute atomic E-state index is 12.6. The van der Waals surface area contributed by atoms with E-state index in [4.69, 9.17) is 4.74 Å². The van der Waals surface area contributed by atoms with Crippen LogP contribution in [0.4, 0.5) is 13.2 Å². The molecule has 1 aliphatic heterocycles. The molecule has 0 spiro atoms. The highest BCUT2D eigenvalue weighted by molar-refractivity contribution is 5.19. The number of hydrogen-bond donors (Lipinski definition) is 1. The van der Waals surface area contributed by atoms with Crippen LogP contribution >= 0.6 is 0 Å². The van der Waals surface area contributed by atoms with Crippen LogP contribution in [0.5, 0.6) is 0 Å². The van der Waals surface area contributed by atoms with E-state index in [0.29, 0.717) is 12.3 Å². The zero-order valence-corrected chi connectivity index (χ0v) is 12.1. The number of aromatic nitrogens is 1. The summed E-state index contributed by atoms with van der Waals surface area (Å²) in [5.41, 5.74) is -0.0488. The van der Waals surface area contributed by atoms with Crippen LogP contribution in [0.3, 0.4) is 0 Å². The molecular weight excluding hydrogens is 281 g/mol. The monoisotopic (exact) mass is 302 g/mol. The minimum Gasteiger partial charge on any atom is -0.381 e. The van der Waals surface area contributed by atoms with Gasteiger partial charge in [0.15, 0.2) is 0 Å². The first-order chi connectivity index (χ1) is 10.0. The second-order valence-corrected chi connectivity index (χ2v) is 5.38. The van der Waals surface area contributed by atoms with Crippen LogP contribution in [0, 0.1) is 5.92 Å². The summed E-state index contributed by atoms with van der Waals surface area (Å²) in [6.07, 6.45) is -0.476. The van der Waals surface area contributed by atoms with Crippen LogP contribution < -0.4 is 5.32 Å². The second kappa shape index (κ2) is 7.22. The van der Waals surface area contributed by atoms with Gasteiger partial charge in [-0.05, 0) is 37.9 Å². The number of halogens is 3. The lowest BCUT2D eigenvalue weighted by molar-refractivity contribution is -0.137. The normalized spacial score (nSPS) is 21.2. The van der Waals surface area contributed by atoms with Crippen LogP contribution in [0.1, 0.15) is 43.5 Å². The van der Waals surface area contributed by atoms with Gasteiger partial charge in [-0.2, -0.15) is 13.2 Å². The summed E-state index contributed by atoms with van der Waals surface area (Å²) in [5.74, 6) is 0.259. The Labute approximate surface area is 122 Å². The maximum atomic E-state index is 12.6. The minimum absolute atomic E-state index is 0.0486. The van der Waals surface area contributed by atoms with Crippen molar-refractivity contribution in [2.45, 2.75) is 38.4 Å². The number of nitrogens with zero attached hydrogens (tertiary/aromatic N) is 1. The van der Waals surface area contributed by atoms with E-state index in [-0.39, 0.29) is 12.0 Å². The van der Waals surface area contributed by atoms with Crippen molar-refractivity contribution < 1.29 is 17.9 Å². The minimum atomic E-state index is -4.34. The third kappa shape index (κ3) is 4.41. The highest BCUT2D eigenvalue weighted by atomic mass is 19.4. The van der Waals surface area contributed by atoms with Gasteiger partial charge in [-0.3, -0.25) is 4.98 Å². The fourth-order valence-corrected chi connectivity index (χ4v) is 2.60. The molecule has 21 heavy (non-hydrogen) atoms. The molecule has 2 atom stereocenters. The van der Waals surface area contributed by atoms with Crippen LogP contribution in [0.2, 0.25) is 0 Å². The Kier molecular flexibility index (Phi) is 5.58. The van der Waals surface area contributed by atoms with Crippen LogP contribution in [-0.2, 0) is 10.9 Å². The van der Waals surface area contributed by atoms with E-state index in [1.54, 1.807) is 0 Å². The Morgan fingerprint density at radius 2 is 2.24 bits per heavy atom. The number of hydrogen-bond acceptors (Lipinski definition) is 3. The first-order valence-electron chi connectivity index (χ1n) is 7.36. The van der Waals surface area contributed by atoms with Crippen molar-refractivity contribution in [3.8, 4) is 0 Å². The molecule has 2 heterocycles. The third-order valence-corrected chi connectivity index (χ3v) is 3.71. The molecule has 118 valence electrons. The lowest BCUT2D eigenvalue weighted by Crippen LogP contribution is -2.34. The molecule has 1 N–H and O–H groups in total. The average Bonchev–Trinajstić information content (AvgIpc) is 2.48. The summed E-state index contributed by atoms with van der Waals surface area (Å²) < 4.78 is 43.3. The van der Waals surface area contributed by atoms with Crippen LogP contribution in [0.25, 0.3) is 0 Å². The summed E-state index contributed by atoms with van der Waals surface area (Å²) in [6, 6.07) is 2.53. The maximum Gasteiger partial charge on any atom is 0.417 e. The van der Waals surface area contributed by atoms with Crippen molar-refractivity contribution in [1.29, 1.82) is 0 Å². The number of alkyl halides is 3. The molecule has 0 amide bonds. The molecule has 0 aliphatic carbocycles. The molecule has 1 saturated heterocycles. The van der Waals surface area contributed by atoms with E-state index in [1.807, 2.05) is 0 Å². The molecule has 0 saturated carbocycles. The van der Waals surface area contributed by atoms with Gasteiger partial charge in [-0.1, -0.05) is 6.92 Å². The quantitative estimate of drug-likeness (QED) is 0.903. The van der Waals surface area contributed by atoms with Crippen molar-refractivity contribution in [2.75, 3.05) is 19.8 Å². The summed E-state index contributed by atoms with van der Waals surface area (Å²) in [4.78, 5) is 4.04. The topological polar surface area (TPSA) is 34.2 Å². The highest BCUT2D eigenvalue weighted by Gasteiger charge is 2.32. The Bertz CT molecular complexity index is 428. The first kappa shape index (κ1) is 16.2. The highest BCUT2D eigenvalue weighted by Crippen LogP contribution is 2.31. The number of pyridine rings is 1. The number of nitrogens with one attached hydrogen (secondary N) is 1. The Balaban J connectivity index is 2.15. The second-order valence-electron chi connectivity index (χ2n) is 5.38. The van der Waals surface area contributed by atoms with E-state index in [1.165, 1.54) is 6.07 Å². The van der Waals surface area contributed by atoms with Gasteiger partial charge < -0.3 is 10.1 Å². The van der Waals surface area contributed by atoms with Crippen molar-refractivity contribution in [3.05, 3.63) is 29.6 Å². The van der Waals surface area contributed by atoms with Crippen LogP contribution in [0.15, 0.2) is 18.3 Å². The van der Waals surface area contributed by atoms with Crippen molar-refractivity contribution in [3.63, 3.8) is 0 Å². The summed E-state index contributed by atoms with van der Waals surface area (Å²) in [6.45, 7) is 4.26. The van der Waals surface area contributed by atoms with Crippen molar-refractivity contribution in [2.24, 2.45) is 5.92 Å². The molecule has 0 aromatic carbocycles. The molecule has 1 aliphatic rings. The van der Waals surface area contributed by atoms with Gasteiger partial charge in [0.05, 0.1) is 23.9 Å². The summed E-state index contributed by atoms with van der Waals surface area (Å²) in [7, 11) is 0. The molecule has 6 heteroatoms. The predicted molar refractivity (Wildman–Crippen MR) is 73.8 cm³/mol. The standard InChI is InChI=1S/C15H21F3N2O/c1-2-7-19-14(11-4-3-8-21-10-11)13-6-5-12(9-20-13)15(16,17)18/h5-6,9,11,14,19H,2-4,7-8,10H2,1H3. The lowest BCUT2D eigenvalue weighted by Gasteiger charge is -2.30. The molecule has 1 fully saturated rings. The smallest absolute Gasteiger partial charge is 0.381 e. The average molecular weight is 302 g/mol. The van der Waals surface area contributed by atoms with Crippen molar-refractivity contribution in [1.82, 2.24) is 10.3 Å². The fourth-order valence-electron chi connectivity index (χ4n) is 2.60. The van der Waals surface area contributed by atoms with Gasteiger partial charge in [0.25, 0.3) is 0 Å². The third-order valence-electron chi connectivity index (χ3n) is 3.71. The molecule has 3 nitrogen and oxygen atoms in total. The molecule has 0 bridgehead atoms. The summed E-state index contributed by atoms with van der Waals surface area (Å²) >= 11 is 0. The molecule has 1 aromatic rings. The Morgan fingerprint density at radius 3 is 2.76 bits per heavy atom. The van der Waals surface area contributed by atoms with E-state index in [0.717, 1.165) is 44.7 Å². The zero-order valence-electron chi connectivity index (χ0n) is 12.1. The van der Waals surface area contributed by atoms with E-state index in [9.17, 15) is 13.2 Å². The molecule has 0 radical (unpaired) electrons. The van der Waals surface area contributed by atoms with Crippen LogP contribution in [-0.4, -0.2) is 24.7 Å². The molecule has 1 aromatic heterocycles. The fraction of sp³-hybridized carbons (Fsp3) is 0.667. The lowest BCUT2D eigenvalue weighted by atomic mass is 9.91. The van der Waals surface area contributed by atoms with Gasteiger partial charge >= 0.3 is 6.18 Å². The molecular formula is C15H21F3N2O. The number of rotatable bonds is 5. The zero-order chi connectivity index (χ0) is 15.3. The predicted octanol–water partition coefficient (Wildman–Crippen LogP) is 3.57. The largest absolute Gasteiger partial charge is 0.417 e. The van der Waals surface area contributed by atoms with Gasteiger partial charge in [-0.15, -0.1) is 0 Å². The Morgan fingerprint density at radius 1 is 1.43 bits per heavy atom. The van der Waals surface area contributed by atoms with Gasteiger partial charge in [0.1, 0.15) is 0 Å². The van der Waals surface area contributed by atoms with Crippen molar-refractivity contribution >= 4 is 0 Å². The van der Waals surface area contributed by atoms with E-state index < -0.39 is 11.7 Å². The van der Waals surface area contributed by atoms with E-state index >= 15 is 0 Å². The van der Waals surface area contributed by atoms with Gasteiger partial charge in [0.2, 0.25) is 0 Å². The number of ether oxygens (including phenoxy) is 1. The molecule has 2 rings (SSSR count). The Hall–Kier alpha value is -1.14. The molecule has 2 unspecified atom stereocenters. The SMILES string of the molecule is CCCNC(c1ccc(C(F)(F)F)cn1)C1CCCOC1. The van der Waals surface area contributed by atoms with Gasteiger partial charge in [-0.25, -0.2) is 0 Å². The van der Waals surface area contributed by atoms with Gasteiger partial charge in [0, 0.05) is 18.7 Å². The first-order valence-corrected chi connectivity index (χ1v) is 7.36. The summed E-state index contributed by atoms with van der Waals surface area (Å²) in [5, 5.41) is 3.39. The van der Waals surface area contributed by atoms with E-state index in [2.05, 4.69) is 17.2 Å².